The Morgan fingerprint density at radius 1 is 1.47 bits per heavy atom. The van der Waals surface area contributed by atoms with Gasteiger partial charge >= 0.3 is 11.8 Å². The highest BCUT2D eigenvalue weighted by Crippen LogP contribution is 2.15. The van der Waals surface area contributed by atoms with Gasteiger partial charge in [-0.15, -0.1) is 0 Å². The second-order valence-corrected chi connectivity index (χ2v) is 4.70. The maximum absolute atomic E-state index is 11.6. The standard InChI is InChI=1S/C10H19N3O2/c1-10(2,6-11)7-13-5-3-4-12-8(14)9(13)15/h3-7,11H2,1-2H3,(H,12,14). The fourth-order valence-corrected chi connectivity index (χ4v) is 1.52. The predicted molar refractivity (Wildman–Crippen MR) is 57.0 cm³/mol. The summed E-state index contributed by atoms with van der Waals surface area (Å²) in [6.45, 7) is 6.21. The van der Waals surface area contributed by atoms with Crippen molar-refractivity contribution in [1.82, 2.24) is 10.2 Å². The summed E-state index contributed by atoms with van der Waals surface area (Å²) in [5.41, 5.74) is 5.47. The van der Waals surface area contributed by atoms with E-state index in [4.69, 9.17) is 5.73 Å². The van der Waals surface area contributed by atoms with E-state index in [1.54, 1.807) is 4.90 Å². The number of carbonyl (C=O) groups excluding carboxylic acids is 2. The minimum absolute atomic E-state index is 0.139. The third-order valence-corrected chi connectivity index (χ3v) is 2.54. The first-order chi connectivity index (χ1) is 6.96. The SMILES string of the molecule is CC(C)(CN)CN1CCCNC(=O)C1=O. The van der Waals surface area contributed by atoms with E-state index in [0.29, 0.717) is 26.2 Å². The normalized spacial score (nSPS) is 18.7. The molecule has 5 nitrogen and oxygen atoms in total. The van der Waals surface area contributed by atoms with Crippen molar-refractivity contribution in [2.24, 2.45) is 11.1 Å². The number of nitrogens with one attached hydrogen (secondary N) is 1. The summed E-state index contributed by atoms with van der Waals surface area (Å²) in [5, 5.41) is 2.57. The van der Waals surface area contributed by atoms with Crippen molar-refractivity contribution in [2.75, 3.05) is 26.2 Å². The lowest BCUT2D eigenvalue weighted by atomic mass is 9.93. The topological polar surface area (TPSA) is 75.4 Å². The van der Waals surface area contributed by atoms with Gasteiger partial charge in [-0.2, -0.15) is 0 Å². The van der Waals surface area contributed by atoms with Gasteiger partial charge in [0.05, 0.1) is 0 Å². The van der Waals surface area contributed by atoms with E-state index >= 15 is 0 Å². The average molecular weight is 213 g/mol. The Morgan fingerprint density at radius 3 is 2.73 bits per heavy atom. The molecule has 1 saturated heterocycles. The Bertz CT molecular complexity index is 263. The molecule has 0 spiro atoms. The molecule has 0 aromatic heterocycles. The molecule has 2 amide bonds. The third-order valence-electron chi connectivity index (χ3n) is 2.54. The maximum atomic E-state index is 11.6. The number of nitrogens with zero attached hydrogens (tertiary/aromatic N) is 1. The smallest absolute Gasteiger partial charge is 0.311 e. The van der Waals surface area contributed by atoms with Gasteiger partial charge in [0.15, 0.2) is 0 Å². The van der Waals surface area contributed by atoms with Crippen LogP contribution in [-0.4, -0.2) is 42.9 Å². The van der Waals surface area contributed by atoms with E-state index in [1.807, 2.05) is 13.8 Å². The molecule has 1 aliphatic heterocycles. The molecular weight excluding hydrogens is 194 g/mol. The summed E-state index contributed by atoms with van der Waals surface area (Å²) in [4.78, 5) is 24.5. The minimum atomic E-state index is -0.500. The van der Waals surface area contributed by atoms with Crippen molar-refractivity contribution in [3.05, 3.63) is 0 Å². The van der Waals surface area contributed by atoms with Crippen LogP contribution in [0, 0.1) is 5.41 Å². The zero-order chi connectivity index (χ0) is 11.5. The van der Waals surface area contributed by atoms with E-state index in [0.717, 1.165) is 6.42 Å². The van der Waals surface area contributed by atoms with Gasteiger partial charge < -0.3 is 16.0 Å². The van der Waals surface area contributed by atoms with Crippen LogP contribution in [0.4, 0.5) is 0 Å². The van der Waals surface area contributed by atoms with Crippen molar-refractivity contribution in [3.8, 4) is 0 Å². The quantitative estimate of drug-likeness (QED) is 0.610. The Hall–Kier alpha value is -1.10. The number of carbonyl (C=O) groups is 2. The van der Waals surface area contributed by atoms with Gasteiger partial charge in [0.1, 0.15) is 0 Å². The Labute approximate surface area is 90.0 Å². The second kappa shape index (κ2) is 4.61. The van der Waals surface area contributed by atoms with Crippen LogP contribution in [0.15, 0.2) is 0 Å². The van der Waals surface area contributed by atoms with Crippen LogP contribution in [-0.2, 0) is 9.59 Å². The molecule has 0 aromatic carbocycles. The van der Waals surface area contributed by atoms with Crippen molar-refractivity contribution < 1.29 is 9.59 Å². The van der Waals surface area contributed by atoms with Gasteiger partial charge in [-0.1, -0.05) is 13.8 Å². The highest BCUT2D eigenvalue weighted by Gasteiger charge is 2.28. The Balaban J connectivity index is 2.66. The predicted octanol–water partition coefficient (Wildman–Crippen LogP) is -0.680. The van der Waals surface area contributed by atoms with Crippen LogP contribution in [0.1, 0.15) is 20.3 Å². The highest BCUT2D eigenvalue weighted by atomic mass is 16.2. The monoisotopic (exact) mass is 213 g/mol. The van der Waals surface area contributed by atoms with Crippen LogP contribution in [0.3, 0.4) is 0 Å². The molecular formula is C10H19N3O2. The average Bonchev–Trinajstić information content (AvgIpc) is 2.33. The molecule has 1 rings (SSSR count). The minimum Gasteiger partial charge on any atom is -0.348 e. The van der Waals surface area contributed by atoms with E-state index in [2.05, 4.69) is 5.32 Å². The molecule has 0 saturated carbocycles. The lowest BCUT2D eigenvalue weighted by Crippen LogP contribution is -2.45. The Morgan fingerprint density at radius 2 is 2.13 bits per heavy atom. The number of hydrogen-bond acceptors (Lipinski definition) is 3. The summed E-state index contributed by atoms with van der Waals surface area (Å²) < 4.78 is 0. The molecule has 0 radical (unpaired) electrons. The van der Waals surface area contributed by atoms with Gasteiger partial charge in [0, 0.05) is 19.6 Å². The van der Waals surface area contributed by atoms with Crippen LogP contribution < -0.4 is 11.1 Å². The number of hydrogen-bond donors (Lipinski definition) is 2. The van der Waals surface area contributed by atoms with Gasteiger partial charge in [-0.3, -0.25) is 9.59 Å². The lowest BCUT2D eigenvalue weighted by molar-refractivity contribution is -0.145. The van der Waals surface area contributed by atoms with Gasteiger partial charge in [0.2, 0.25) is 0 Å². The van der Waals surface area contributed by atoms with E-state index in [1.165, 1.54) is 0 Å². The van der Waals surface area contributed by atoms with Crippen molar-refractivity contribution in [3.63, 3.8) is 0 Å². The summed E-state index contributed by atoms with van der Waals surface area (Å²) in [5.74, 6) is -0.936. The second-order valence-electron chi connectivity index (χ2n) is 4.70. The molecule has 86 valence electrons. The molecule has 15 heavy (non-hydrogen) atoms. The fraction of sp³-hybridized carbons (Fsp3) is 0.800. The summed E-state index contributed by atoms with van der Waals surface area (Å²) in [7, 11) is 0. The van der Waals surface area contributed by atoms with Crippen LogP contribution >= 0.6 is 0 Å². The molecule has 0 unspecified atom stereocenters. The maximum Gasteiger partial charge on any atom is 0.311 e. The summed E-state index contributed by atoms with van der Waals surface area (Å²) >= 11 is 0. The largest absolute Gasteiger partial charge is 0.348 e. The summed E-state index contributed by atoms with van der Waals surface area (Å²) in [6, 6.07) is 0. The van der Waals surface area contributed by atoms with Crippen molar-refractivity contribution in [2.45, 2.75) is 20.3 Å². The number of nitrogens with two attached hydrogens (primary N) is 1. The van der Waals surface area contributed by atoms with Gasteiger partial charge in [0.25, 0.3) is 0 Å². The molecule has 5 heteroatoms. The fourth-order valence-electron chi connectivity index (χ4n) is 1.52. The van der Waals surface area contributed by atoms with Crippen LogP contribution in [0.25, 0.3) is 0 Å². The zero-order valence-electron chi connectivity index (χ0n) is 9.38. The van der Waals surface area contributed by atoms with Crippen LogP contribution in [0.5, 0.6) is 0 Å². The first kappa shape index (κ1) is 12.0. The molecule has 0 bridgehead atoms. The number of rotatable bonds is 3. The zero-order valence-corrected chi connectivity index (χ0v) is 9.38. The molecule has 3 N–H and O–H groups in total. The molecule has 0 aliphatic carbocycles. The lowest BCUT2D eigenvalue weighted by Gasteiger charge is -2.30. The highest BCUT2D eigenvalue weighted by molar-refractivity contribution is 6.35. The summed E-state index contributed by atoms with van der Waals surface area (Å²) in [6.07, 6.45) is 0.804. The van der Waals surface area contributed by atoms with Gasteiger partial charge in [-0.05, 0) is 18.4 Å². The molecule has 0 atom stereocenters. The third kappa shape index (κ3) is 3.20. The first-order valence-electron chi connectivity index (χ1n) is 5.23. The van der Waals surface area contributed by atoms with Gasteiger partial charge in [-0.25, -0.2) is 0 Å². The van der Waals surface area contributed by atoms with Crippen molar-refractivity contribution in [1.29, 1.82) is 0 Å². The molecule has 0 aromatic rings. The molecule has 1 fully saturated rings. The molecule has 1 heterocycles. The van der Waals surface area contributed by atoms with E-state index < -0.39 is 11.8 Å². The van der Waals surface area contributed by atoms with E-state index in [-0.39, 0.29) is 5.41 Å². The first-order valence-corrected chi connectivity index (χ1v) is 5.23. The molecule has 1 aliphatic rings. The Kier molecular flexibility index (Phi) is 3.68. The number of amides is 2. The van der Waals surface area contributed by atoms with Crippen molar-refractivity contribution >= 4 is 11.8 Å². The van der Waals surface area contributed by atoms with E-state index in [9.17, 15) is 9.59 Å². The van der Waals surface area contributed by atoms with Crippen LogP contribution in [0.2, 0.25) is 0 Å².